The van der Waals surface area contributed by atoms with Crippen LogP contribution in [0.25, 0.3) is 0 Å². The maximum atomic E-state index is 11.2. The summed E-state index contributed by atoms with van der Waals surface area (Å²) in [5.74, 6) is -1.10. The van der Waals surface area contributed by atoms with E-state index in [2.05, 4.69) is 0 Å². The molecule has 0 amide bonds. The summed E-state index contributed by atoms with van der Waals surface area (Å²) >= 11 is -4.54. The quantitative estimate of drug-likeness (QED) is 0.426. The van der Waals surface area contributed by atoms with Gasteiger partial charge >= 0.3 is 120 Å². The normalized spacial score (nSPS) is 11.2. The summed E-state index contributed by atoms with van der Waals surface area (Å²) in [5, 5.41) is 0. The molecular formula is C12H24O6Sn. The Balaban J connectivity index is 4.73. The van der Waals surface area contributed by atoms with E-state index in [0.717, 1.165) is 25.7 Å². The van der Waals surface area contributed by atoms with E-state index in [4.69, 9.17) is 12.3 Å². The van der Waals surface area contributed by atoms with Gasteiger partial charge in [0.15, 0.2) is 0 Å². The second-order valence-electron chi connectivity index (χ2n) is 4.09. The van der Waals surface area contributed by atoms with Crippen LogP contribution in [0, 0.1) is 0 Å². The molecule has 0 saturated heterocycles. The van der Waals surface area contributed by atoms with E-state index in [1.807, 2.05) is 13.8 Å². The monoisotopic (exact) mass is 384 g/mol. The van der Waals surface area contributed by atoms with Crippen LogP contribution in [-0.2, 0) is 21.9 Å². The molecule has 0 aromatic carbocycles. The average Bonchev–Trinajstić information content (AvgIpc) is 2.27. The molecule has 0 aliphatic rings. The Morgan fingerprint density at radius 1 is 0.842 bits per heavy atom. The predicted molar refractivity (Wildman–Crippen MR) is 71.0 cm³/mol. The van der Waals surface area contributed by atoms with Crippen LogP contribution in [0.4, 0.5) is 0 Å². The third-order valence-corrected chi connectivity index (χ3v) is 8.34. The molecule has 0 unspecified atom stereocenters. The molecule has 0 aromatic heterocycles. The fourth-order valence-corrected chi connectivity index (χ4v) is 6.51. The van der Waals surface area contributed by atoms with Crippen LogP contribution >= 0.6 is 0 Å². The van der Waals surface area contributed by atoms with Crippen molar-refractivity contribution in [2.45, 2.75) is 53.4 Å². The van der Waals surface area contributed by atoms with Crippen molar-refractivity contribution in [2.75, 3.05) is 13.2 Å². The van der Waals surface area contributed by atoms with Crippen LogP contribution in [0.3, 0.4) is 0 Å². The maximum absolute atomic E-state index is 11.2. The van der Waals surface area contributed by atoms with Crippen LogP contribution in [0.5, 0.6) is 0 Å². The van der Waals surface area contributed by atoms with Crippen LogP contribution in [0.1, 0.15) is 53.4 Å². The van der Waals surface area contributed by atoms with Crippen molar-refractivity contribution in [3.05, 3.63) is 0 Å². The van der Waals surface area contributed by atoms with Crippen LogP contribution in [0.2, 0.25) is 0 Å². The summed E-state index contributed by atoms with van der Waals surface area (Å²) in [6.45, 7) is 7.24. The van der Waals surface area contributed by atoms with Crippen molar-refractivity contribution >= 4 is 32.0 Å². The number of carbonyl (C=O) groups is 2. The first-order valence-electron chi connectivity index (χ1n) is 6.62. The molecule has 19 heavy (non-hydrogen) atoms. The van der Waals surface area contributed by atoms with Gasteiger partial charge in [0, 0.05) is 0 Å². The predicted octanol–water partition coefficient (Wildman–Crippen LogP) is 2.18. The summed E-state index contributed by atoms with van der Waals surface area (Å²) in [7, 11) is 0. The molecule has 0 aromatic rings. The molecule has 0 radical (unpaired) electrons. The van der Waals surface area contributed by atoms with Crippen LogP contribution < -0.4 is 0 Å². The summed E-state index contributed by atoms with van der Waals surface area (Å²) < 4.78 is 21.3. The zero-order chi connectivity index (χ0) is 14.7. The molecule has 0 aliphatic carbocycles. The van der Waals surface area contributed by atoms with E-state index >= 15 is 0 Å². The molecule has 0 aliphatic heterocycles. The Hall–Kier alpha value is -0.341. The number of rotatable bonds is 10. The SMILES string of the molecule is CCCC[O][Sn]([O]CCCC)([O]C(C)=O)[O]C(C)=O. The average molecular weight is 383 g/mol. The van der Waals surface area contributed by atoms with Gasteiger partial charge in [-0.3, -0.25) is 0 Å². The Morgan fingerprint density at radius 3 is 1.47 bits per heavy atom. The van der Waals surface area contributed by atoms with Gasteiger partial charge in [-0.1, -0.05) is 0 Å². The molecule has 112 valence electrons. The van der Waals surface area contributed by atoms with Crippen molar-refractivity contribution in [1.82, 2.24) is 0 Å². The van der Waals surface area contributed by atoms with Crippen molar-refractivity contribution in [3.63, 3.8) is 0 Å². The minimum absolute atomic E-state index is 0.360. The Labute approximate surface area is 120 Å². The minimum atomic E-state index is -4.54. The van der Waals surface area contributed by atoms with E-state index in [0.29, 0.717) is 13.2 Å². The van der Waals surface area contributed by atoms with Gasteiger partial charge in [0.25, 0.3) is 0 Å². The molecule has 0 heterocycles. The molecule has 7 heteroatoms. The Bertz CT molecular complexity index is 253. The van der Waals surface area contributed by atoms with E-state index in [9.17, 15) is 9.59 Å². The summed E-state index contributed by atoms with van der Waals surface area (Å²) in [6.07, 6.45) is 3.44. The molecular weight excluding hydrogens is 359 g/mol. The molecule has 0 bridgehead atoms. The zero-order valence-corrected chi connectivity index (χ0v) is 15.0. The van der Waals surface area contributed by atoms with Gasteiger partial charge in [0.1, 0.15) is 0 Å². The Morgan fingerprint density at radius 2 is 1.21 bits per heavy atom. The van der Waals surface area contributed by atoms with E-state index < -0.39 is 32.0 Å². The van der Waals surface area contributed by atoms with Gasteiger partial charge in [0.05, 0.1) is 0 Å². The van der Waals surface area contributed by atoms with Crippen molar-refractivity contribution in [3.8, 4) is 0 Å². The fourth-order valence-electron chi connectivity index (χ4n) is 1.22. The zero-order valence-electron chi connectivity index (χ0n) is 12.2. The van der Waals surface area contributed by atoms with Gasteiger partial charge in [-0.25, -0.2) is 0 Å². The number of hydrogen-bond donors (Lipinski definition) is 0. The molecule has 0 N–H and O–H groups in total. The van der Waals surface area contributed by atoms with E-state index in [1.54, 1.807) is 0 Å². The first kappa shape index (κ1) is 18.7. The second kappa shape index (κ2) is 10.4. The van der Waals surface area contributed by atoms with Gasteiger partial charge in [-0.15, -0.1) is 0 Å². The standard InChI is InChI=1S/2C4H9O.2C2H4O2.Sn/c2*1-2-3-4-5;2*1-2(3)4;/h2*2-4H2,1H3;2*1H3,(H,3,4);/q2*-1;;;+4/p-2. The van der Waals surface area contributed by atoms with Crippen molar-refractivity contribution in [2.24, 2.45) is 0 Å². The van der Waals surface area contributed by atoms with E-state index in [1.165, 1.54) is 13.8 Å². The number of carbonyl (C=O) groups excluding carboxylic acids is 2. The van der Waals surface area contributed by atoms with Gasteiger partial charge < -0.3 is 0 Å². The molecule has 0 spiro atoms. The molecule has 6 nitrogen and oxygen atoms in total. The topological polar surface area (TPSA) is 71.1 Å². The molecule has 0 rings (SSSR count). The van der Waals surface area contributed by atoms with E-state index in [-0.39, 0.29) is 0 Å². The second-order valence-corrected chi connectivity index (χ2v) is 9.76. The number of hydrogen-bond acceptors (Lipinski definition) is 6. The fraction of sp³-hybridized carbons (Fsp3) is 0.833. The summed E-state index contributed by atoms with van der Waals surface area (Å²) in [6, 6.07) is 0. The van der Waals surface area contributed by atoms with Crippen molar-refractivity contribution in [1.29, 1.82) is 0 Å². The third-order valence-electron chi connectivity index (χ3n) is 2.09. The first-order chi connectivity index (χ1) is 8.95. The van der Waals surface area contributed by atoms with Crippen LogP contribution in [-0.4, -0.2) is 45.2 Å². The summed E-state index contributed by atoms with van der Waals surface area (Å²) in [4.78, 5) is 22.4. The van der Waals surface area contributed by atoms with Crippen LogP contribution in [0.15, 0.2) is 0 Å². The summed E-state index contributed by atoms with van der Waals surface area (Å²) in [5.41, 5.74) is 0. The third kappa shape index (κ3) is 9.23. The number of unbranched alkanes of at least 4 members (excludes halogenated alkanes) is 2. The molecule has 0 fully saturated rings. The van der Waals surface area contributed by atoms with Gasteiger partial charge in [-0.05, 0) is 0 Å². The first-order valence-corrected chi connectivity index (χ1v) is 11.3. The molecule has 0 saturated carbocycles. The van der Waals surface area contributed by atoms with Crippen molar-refractivity contribution < 1.29 is 21.9 Å². The van der Waals surface area contributed by atoms with Gasteiger partial charge in [0.2, 0.25) is 0 Å². The molecule has 0 atom stereocenters. The Kier molecular flexibility index (Phi) is 10.3. The van der Waals surface area contributed by atoms with Gasteiger partial charge in [-0.2, -0.15) is 0 Å².